The SMILES string of the molecule is Cc1ccc(C(C)C)cc1-c1ccc([Si](C)(C)C)c[n+]1C.Cc1ccc(C)c(-c2ccc([Si](C)(C)C)c[n+]2C)c1.Cc1ccc(CC(C)C)cc1-c1ccc([Si](C)(C)C)c[n+]1C.Cc1ccccc1-c1cc(C(C)C2CCCC2)c([Si](C)(C)C)c[n+]1C.Cc1ccccc1-c1cc(C(C)C2CCCCC2)c([Si](C)(C)C)c[n+]1C. The average molecular weight is 1600 g/mol. The molecule has 5 aromatic carbocycles. The van der Waals surface area contributed by atoms with Crippen molar-refractivity contribution in [3.05, 3.63) is 238 Å². The summed E-state index contributed by atoms with van der Waals surface area (Å²) in [6.07, 6.45) is 25.8. The fourth-order valence-corrected chi connectivity index (χ4v) is 24.0. The number of aromatic nitrogens is 5. The summed E-state index contributed by atoms with van der Waals surface area (Å²) < 4.78 is 11.6. The number of benzene rings is 5. The van der Waals surface area contributed by atoms with Crippen LogP contribution in [0.1, 0.15) is 173 Å². The Hall–Kier alpha value is -7.07. The largest absolute Gasteiger partial charge is 0.212 e. The fraction of sp³-hybridized carbons (Fsp3) is 0.466. The van der Waals surface area contributed by atoms with Crippen molar-refractivity contribution < 1.29 is 22.8 Å². The molecule has 5 aromatic heterocycles. The third kappa shape index (κ3) is 24.3. The number of pyridine rings is 5. The van der Waals surface area contributed by atoms with Gasteiger partial charge in [0.05, 0.1) is 40.4 Å². The van der Waals surface area contributed by atoms with Crippen LogP contribution in [0, 0.1) is 59.3 Å². The van der Waals surface area contributed by atoms with Crippen LogP contribution >= 0.6 is 0 Å². The van der Waals surface area contributed by atoms with Crippen LogP contribution < -0.4 is 48.8 Å². The van der Waals surface area contributed by atoms with Crippen molar-refractivity contribution in [2.75, 3.05) is 0 Å². The maximum atomic E-state index is 2.54. The summed E-state index contributed by atoms with van der Waals surface area (Å²) in [6.45, 7) is 63.7. The highest BCUT2D eigenvalue weighted by molar-refractivity contribution is 6.90. The quantitative estimate of drug-likeness (QED) is 0.0639. The molecular formula is C103H152N5Si5+5. The van der Waals surface area contributed by atoms with E-state index in [0.29, 0.717) is 23.7 Å². The van der Waals surface area contributed by atoms with Crippen molar-refractivity contribution in [1.82, 2.24) is 0 Å². The summed E-state index contributed by atoms with van der Waals surface area (Å²) in [5.74, 6) is 4.33. The van der Waals surface area contributed by atoms with Crippen LogP contribution in [0.3, 0.4) is 0 Å². The lowest BCUT2D eigenvalue weighted by Crippen LogP contribution is -2.48. The smallest absolute Gasteiger partial charge is 0.201 e. The van der Waals surface area contributed by atoms with Crippen molar-refractivity contribution in [2.24, 2.45) is 53.0 Å². The van der Waals surface area contributed by atoms with E-state index in [2.05, 4.69) is 422 Å². The zero-order valence-electron chi connectivity index (χ0n) is 77.1. The first-order valence-electron chi connectivity index (χ1n) is 43.2. The van der Waals surface area contributed by atoms with Gasteiger partial charge >= 0.3 is 0 Å². The second kappa shape index (κ2) is 38.8. The molecule has 0 spiro atoms. The van der Waals surface area contributed by atoms with Gasteiger partial charge in [-0.1, -0.05) is 268 Å². The molecule has 2 aliphatic carbocycles. The van der Waals surface area contributed by atoms with Crippen molar-refractivity contribution in [3.63, 3.8) is 0 Å². The molecule has 113 heavy (non-hydrogen) atoms. The van der Waals surface area contributed by atoms with Gasteiger partial charge < -0.3 is 0 Å². The molecule has 0 aliphatic heterocycles. The lowest BCUT2D eigenvalue weighted by Gasteiger charge is -2.31. The lowest BCUT2D eigenvalue weighted by molar-refractivity contribution is -0.659. The molecule has 2 aliphatic rings. The van der Waals surface area contributed by atoms with Crippen LogP contribution in [0.2, 0.25) is 98.2 Å². The molecule has 0 saturated heterocycles. The number of aryl methyl sites for hydroxylation is 11. The molecule has 0 amide bonds. The molecule has 12 rings (SSSR count). The van der Waals surface area contributed by atoms with E-state index < -0.39 is 40.4 Å². The average Bonchev–Trinajstić information content (AvgIpc) is 1.38. The van der Waals surface area contributed by atoms with Gasteiger partial charge in [-0.05, 0) is 190 Å². The van der Waals surface area contributed by atoms with E-state index in [1.54, 1.807) is 21.5 Å². The van der Waals surface area contributed by atoms with Gasteiger partial charge in [0.2, 0.25) is 28.5 Å². The molecule has 0 bridgehead atoms. The van der Waals surface area contributed by atoms with Gasteiger partial charge in [0, 0.05) is 84.1 Å². The van der Waals surface area contributed by atoms with E-state index >= 15 is 0 Å². The van der Waals surface area contributed by atoms with Gasteiger partial charge in [-0.3, -0.25) is 0 Å². The Morgan fingerprint density at radius 2 is 0.637 bits per heavy atom. The van der Waals surface area contributed by atoms with E-state index in [9.17, 15) is 0 Å². The molecule has 2 unspecified atom stereocenters. The van der Waals surface area contributed by atoms with Crippen LogP contribution in [-0.4, -0.2) is 40.4 Å². The van der Waals surface area contributed by atoms with E-state index in [1.165, 1.54) is 174 Å². The van der Waals surface area contributed by atoms with Gasteiger partial charge in [0.15, 0.2) is 31.0 Å². The standard InChI is InChI=1S/C24H36NSi.C23H34NSi.C20H30NSi.C19H28NSi.C17H24NSi/c1-18-12-10-11-15-21(18)23-16-22(19(2)20-13-8-7-9-14-20)24(17-25(23)3)26(4,5)6;1-17-11-7-10-14-20(17)22-15-21(18(2)19-12-8-9-13-19)23(16-24(22)3)25(4,5)6;1-15(2)12-17-9-8-16(3)19(13-17)20-11-10-18(14-21(20)4)22(5,6)7;1-14(2)16-9-8-15(3)18(12-16)19-11-10-17(13-20(19)4)21(5,6)7;1-13-7-8-14(2)16(11-13)17-10-9-15(12-18(17)3)19(4,5)6/h10-12,15-17,19-20H,7-9,13-14H2,1-6H3;7,10-11,14-16,18-19H,8-9,12-13H2,1-6H3;8-11,13-15H,12H2,1-7H3;8-14H,1-7H3;7-12H,1-6H3/q5*+1. The number of hydrogen-bond acceptors (Lipinski definition) is 0. The summed E-state index contributed by atoms with van der Waals surface area (Å²) in [5.41, 5.74) is 27.6. The summed E-state index contributed by atoms with van der Waals surface area (Å²) in [7, 11) is 4.42. The van der Waals surface area contributed by atoms with Crippen molar-refractivity contribution in [2.45, 2.75) is 263 Å². The van der Waals surface area contributed by atoms with Crippen LogP contribution in [0.5, 0.6) is 0 Å². The number of nitrogens with zero attached hydrogens (tertiary/aromatic N) is 5. The molecule has 2 fully saturated rings. The van der Waals surface area contributed by atoms with Crippen LogP contribution in [0.4, 0.5) is 0 Å². The zero-order chi connectivity index (χ0) is 83.6. The van der Waals surface area contributed by atoms with Gasteiger partial charge in [-0.15, -0.1) is 0 Å². The van der Waals surface area contributed by atoms with Crippen LogP contribution in [0.15, 0.2) is 183 Å². The molecule has 0 N–H and O–H groups in total. The first-order valence-corrected chi connectivity index (χ1v) is 60.7. The second-order valence-electron chi connectivity index (χ2n) is 40.2. The van der Waals surface area contributed by atoms with Crippen molar-refractivity contribution in [3.8, 4) is 56.3 Å². The third-order valence-corrected chi connectivity index (χ3v) is 34.8. The first kappa shape index (κ1) is 91.5. The number of hydrogen-bond donors (Lipinski definition) is 0. The Bertz CT molecular complexity index is 4860. The van der Waals surface area contributed by atoms with Gasteiger partial charge in [-0.25, -0.2) is 22.8 Å². The summed E-state index contributed by atoms with van der Waals surface area (Å²) in [4.78, 5) is 0. The Labute approximate surface area is 695 Å². The minimum Gasteiger partial charge on any atom is -0.201 e. The van der Waals surface area contributed by atoms with E-state index in [1.807, 2.05) is 0 Å². The van der Waals surface area contributed by atoms with E-state index in [4.69, 9.17) is 0 Å². The topological polar surface area (TPSA) is 19.4 Å². The lowest BCUT2D eigenvalue weighted by atomic mass is 9.77. The van der Waals surface area contributed by atoms with Gasteiger partial charge in [0.25, 0.3) is 0 Å². The first-order chi connectivity index (χ1) is 52.7. The maximum Gasteiger partial charge on any atom is 0.212 e. The number of rotatable bonds is 17. The van der Waals surface area contributed by atoms with Crippen LogP contribution in [-0.2, 0) is 41.7 Å². The Kier molecular flexibility index (Phi) is 31.4. The van der Waals surface area contributed by atoms with Crippen LogP contribution in [0.25, 0.3) is 56.3 Å². The normalized spacial score (nSPS) is 14.3. The molecule has 10 aromatic rings. The molecule has 10 heteroatoms. The minimum atomic E-state index is -1.39. The highest BCUT2D eigenvalue weighted by atomic mass is 28.3. The van der Waals surface area contributed by atoms with Crippen molar-refractivity contribution >= 4 is 66.3 Å². The highest BCUT2D eigenvalue weighted by Gasteiger charge is 2.35. The second-order valence-corrected chi connectivity index (χ2v) is 65.5. The summed E-state index contributed by atoms with van der Waals surface area (Å²) in [6, 6.07) is 56.9. The Morgan fingerprint density at radius 1 is 0.310 bits per heavy atom. The molecule has 0 radical (unpaired) electrons. The fourth-order valence-electron chi connectivity index (χ4n) is 17.0. The van der Waals surface area contributed by atoms with Gasteiger partial charge in [-0.2, -0.15) is 0 Å². The Morgan fingerprint density at radius 3 is 0.982 bits per heavy atom. The molecular weight excluding hydrogens is 1450 g/mol. The molecule has 5 heterocycles. The molecule has 2 atom stereocenters. The predicted molar refractivity (Wildman–Crippen MR) is 507 cm³/mol. The predicted octanol–water partition coefficient (Wildman–Crippen LogP) is 22.8. The summed E-state index contributed by atoms with van der Waals surface area (Å²) in [5, 5.41) is 7.81. The molecule has 2 saturated carbocycles. The molecule has 604 valence electrons. The zero-order valence-corrected chi connectivity index (χ0v) is 82.1. The maximum absolute atomic E-state index is 2.54. The van der Waals surface area contributed by atoms with E-state index in [-0.39, 0.29) is 0 Å². The highest BCUT2D eigenvalue weighted by Crippen LogP contribution is 2.40. The Balaban J connectivity index is 0.000000178. The summed E-state index contributed by atoms with van der Waals surface area (Å²) >= 11 is 0. The van der Waals surface area contributed by atoms with E-state index in [0.717, 1.165) is 18.3 Å². The monoisotopic (exact) mass is 1600 g/mol. The minimum absolute atomic E-state index is 0.566. The van der Waals surface area contributed by atoms with Gasteiger partial charge in [0.1, 0.15) is 35.2 Å². The third-order valence-electron chi connectivity index (χ3n) is 24.6. The van der Waals surface area contributed by atoms with Crippen molar-refractivity contribution in [1.29, 1.82) is 0 Å². The molecule has 5 nitrogen and oxygen atoms in total.